The highest BCUT2D eigenvalue weighted by Gasteiger charge is 2.10. The Balaban J connectivity index is 1.88. The molecule has 108 valence electrons. The Morgan fingerprint density at radius 3 is 2.90 bits per heavy atom. The van der Waals surface area contributed by atoms with Gasteiger partial charge < -0.3 is 10.1 Å². The lowest BCUT2D eigenvalue weighted by molar-refractivity contribution is 0.414. The molecule has 1 aromatic heterocycles. The first-order valence-corrected chi connectivity index (χ1v) is 8.46. The average Bonchev–Trinajstić information content (AvgIpc) is 2.88. The number of nitrogens with one attached hydrogen (secondary N) is 1. The summed E-state index contributed by atoms with van der Waals surface area (Å²) in [6.07, 6.45) is 0. The van der Waals surface area contributed by atoms with E-state index < -0.39 is 0 Å². The van der Waals surface area contributed by atoms with Crippen molar-refractivity contribution in [2.75, 3.05) is 12.4 Å². The van der Waals surface area contributed by atoms with Crippen molar-refractivity contribution in [2.45, 2.75) is 6.54 Å². The van der Waals surface area contributed by atoms with Crippen LogP contribution in [0.25, 0.3) is 10.1 Å². The van der Waals surface area contributed by atoms with Gasteiger partial charge in [0.25, 0.3) is 0 Å². The van der Waals surface area contributed by atoms with Gasteiger partial charge in [0.05, 0.1) is 17.3 Å². The Bertz CT molecular complexity index is 787. The fourth-order valence-corrected chi connectivity index (χ4v) is 4.19. The lowest BCUT2D eigenvalue weighted by Crippen LogP contribution is -2.01. The summed E-state index contributed by atoms with van der Waals surface area (Å²) in [5.41, 5.74) is 2.15. The number of halogens is 2. The van der Waals surface area contributed by atoms with Gasteiger partial charge in [0.2, 0.25) is 0 Å². The molecule has 3 aromatic rings. The molecule has 0 saturated carbocycles. The molecule has 21 heavy (non-hydrogen) atoms. The zero-order valence-corrected chi connectivity index (χ0v) is 14.5. The summed E-state index contributed by atoms with van der Waals surface area (Å²) >= 11 is 11.3. The molecule has 0 saturated heterocycles. The number of rotatable bonds is 4. The lowest BCUT2D eigenvalue weighted by Gasteiger charge is -2.13. The van der Waals surface area contributed by atoms with E-state index in [1.807, 2.05) is 12.1 Å². The van der Waals surface area contributed by atoms with Crippen LogP contribution >= 0.6 is 38.9 Å². The lowest BCUT2D eigenvalue weighted by atomic mass is 10.2. The molecule has 0 bridgehead atoms. The van der Waals surface area contributed by atoms with Crippen molar-refractivity contribution >= 4 is 54.6 Å². The van der Waals surface area contributed by atoms with Crippen LogP contribution in [-0.2, 0) is 6.54 Å². The second kappa shape index (κ2) is 6.26. The van der Waals surface area contributed by atoms with Crippen molar-refractivity contribution < 1.29 is 4.74 Å². The highest BCUT2D eigenvalue weighted by Crippen LogP contribution is 2.37. The van der Waals surface area contributed by atoms with E-state index in [-0.39, 0.29) is 0 Å². The number of hydrogen-bond acceptors (Lipinski definition) is 3. The molecule has 2 nitrogen and oxygen atoms in total. The second-order valence-corrected chi connectivity index (χ2v) is 6.78. The summed E-state index contributed by atoms with van der Waals surface area (Å²) in [6.45, 7) is 0.729. The number of methoxy groups -OCH3 is 1. The number of hydrogen-bond donors (Lipinski definition) is 1. The highest BCUT2D eigenvalue weighted by atomic mass is 79.9. The minimum absolute atomic E-state index is 0.667. The number of benzene rings is 2. The van der Waals surface area contributed by atoms with Crippen molar-refractivity contribution in [1.82, 2.24) is 0 Å². The van der Waals surface area contributed by atoms with Crippen LogP contribution in [0.3, 0.4) is 0 Å². The van der Waals surface area contributed by atoms with Crippen LogP contribution in [0.5, 0.6) is 5.75 Å². The van der Waals surface area contributed by atoms with Crippen LogP contribution in [0, 0.1) is 0 Å². The molecule has 0 fully saturated rings. The van der Waals surface area contributed by atoms with Crippen LogP contribution in [0.4, 0.5) is 5.69 Å². The van der Waals surface area contributed by atoms with Gasteiger partial charge in [-0.3, -0.25) is 0 Å². The molecule has 0 unspecified atom stereocenters. The van der Waals surface area contributed by atoms with Crippen molar-refractivity contribution in [3.8, 4) is 5.75 Å². The molecule has 3 rings (SSSR count). The van der Waals surface area contributed by atoms with E-state index in [9.17, 15) is 0 Å². The van der Waals surface area contributed by atoms with Crippen molar-refractivity contribution in [3.05, 3.63) is 56.8 Å². The molecule has 0 aliphatic carbocycles. The van der Waals surface area contributed by atoms with Gasteiger partial charge in [-0.15, -0.1) is 11.3 Å². The third-order valence-corrected chi connectivity index (χ3v) is 5.06. The normalized spacial score (nSPS) is 10.8. The van der Waals surface area contributed by atoms with Crippen molar-refractivity contribution in [1.29, 1.82) is 0 Å². The van der Waals surface area contributed by atoms with E-state index in [1.165, 1.54) is 15.6 Å². The van der Waals surface area contributed by atoms with E-state index in [2.05, 4.69) is 50.9 Å². The topological polar surface area (TPSA) is 21.3 Å². The summed E-state index contributed by atoms with van der Waals surface area (Å²) in [5, 5.41) is 7.55. The number of fused-ring (bicyclic) bond motifs is 1. The molecule has 1 N–H and O–H groups in total. The Hall–Kier alpha value is -1.23. The summed E-state index contributed by atoms with van der Waals surface area (Å²) in [7, 11) is 1.65. The average molecular weight is 383 g/mol. The van der Waals surface area contributed by atoms with Crippen LogP contribution < -0.4 is 10.1 Å². The minimum Gasteiger partial charge on any atom is -0.493 e. The zero-order valence-electron chi connectivity index (χ0n) is 11.3. The van der Waals surface area contributed by atoms with E-state index in [0.717, 1.165) is 22.5 Å². The van der Waals surface area contributed by atoms with Gasteiger partial charge in [0.15, 0.2) is 5.75 Å². The first kappa shape index (κ1) is 14.7. The Morgan fingerprint density at radius 1 is 1.29 bits per heavy atom. The highest BCUT2D eigenvalue weighted by molar-refractivity contribution is 9.10. The molecule has 1 heterocycles. The predicted molar refractivity (Wildman–Crippen MR) is 94.9 cm³/mol. The number of ether oxygens (including phenoxy) is 1. The number of anilines is 1. The first-order valence-electron chi connectivity index (χ1n) is 6.41. The Morgan fingerprint density at radius 2 is 2.10 bits per heavy atom. The summed E-state index contributed by atoms with van der Waals surface area (Å²) in [5.74, 6) is 0.763. The van der Waals surface area contributed by atoms with Crippen LogP contribution in [0.1, 0.15) is 5.56 Å². The maximum absolute atomic E-state index is 6.11. The smallest absolute Gasteiger partial charge is 0.156 e. The van der Waals surface area contributed by atoms with Crippen molar-refractivity contribution in [3.63, 3.8) is 0 Å². The largest absolute Gasteiger partial charge is 0.493 e. The SMILES string of the molecule is COc1c(Br)cc(Cl)cc1NCc1csc2ccccc12. The predicted octanol–water partition coefficient (Wildman–Crippen LogP) is 5.94. The monoisotopic (exact) mass is 381 g/mol. The van der Waals surface area contributed by atoms with Gasteiger partial charge in [-0.05, 0) is 50.5 Å². The summed E-state index contributed by atoms with van der Waals surface area (Å²) in [6, 6.07) is 12.1. The Kier molecular flexibility index (Phi) is 4.38. The molecular weight excluding hydrogens is 370 g/mol. The quantitative estimate of drug-likeness (QED) is 0.603. The van der Waals surface area contributed by atoms with E-state index in [1.54, 1.807) is 18.4 Å². The van der Waals surface area contributed by atoms with E-state index in [4.69, 9.17) is 16.3 Å². The molecule has 0 radical (unpaired) electrons. The fourth-order valence-electron chi connectivity index (χ4n) is 2.26. The standard InChI is InChI=1S/C16H13BrClNOS/c1-20-16-13(17)6-11(18)7-14(16)19-8-10-9-21-15-5-3-2-4-12(10)15/h2-7,9,19H,8H2,1H3. The third-order valence-electron chi connectivity index (χ3n) is 3.24. The van der Waals surface area contributed by atoms with Gasteiger partial charge in [-0.1, -0.05) is 29.8 Å². The maximum Gasteiger partial charge on any atom is 0.156 e. The molecule has 2 aromatic carbocycles. The van der Waals surface area contributed by atoms with Gasteiger partial charge in [0, 0.05) is 16.3 Å². The zero-order chi connectivity index (χ0) is 14.8. The van der Waals surface area contributed by atoms with E-state index in [0.29, 0.717) is 5.02 Å². The minimum atomic E-state index is 0.667. The molecule has 0 spiro atoms. The number of thiophene rings is 1. The Labute approximate surface area is 140 Å². The second-order valence-electron chi connectivity index (χ2n) is 4.58. The van der Waals surface area contributed by atoms with Crippen molar-refractivity contribution in [2.24, 2.45) is 0 Å². The summed E-state index contributed by atoms with van der Waals surface area (Å²) < 4.78 is 7.57. The molecule has 5 heteroatoms. The van der Waals surface area contributed by atoms with Gasteiger partial charge in [-0.2, -0.15) is 0 Å². The summed E-state index contributed by atoms with van der Waals surface area (Å²) in [4.78, 5) is 0. The molecule has 0 amide bonds. The maximum atomic E-state index is 6.11. The van der Waals surface area contributed by atoms with E-state index >= 15 is 0 Å². The van der Waals surface area contributed by atoms with Gasteiger partial charge in [0.1, 0.15) is 0 Å². The van der Waals surface area contributed by atoms with Crippen LogP contribution in [-0.4, -0.2) is 7.11 Å². The first-order chi connectivity index (χ1) is 10.2. The third kappa shape index (κ3) is 3.03. The molecular formula is C16H13BrClNOS. The molecule has 0 aliphatic rings. The van der Waals surface area contributed by atoms with Crippen LogP contribution in [0.15, 0.2) is 46.3 Å². The van der Waals surface area contributed by atoms with Crippen LogP contribution in [0.2, 0.25) is 5.02 Å². The fraction of sp³-hybridized carbons (Fsp3) is 0.125. The van der Waals surface area contributed by atoms with Gasteiger partial charge >= 0.3 is 0 Å². The molecule has 0 atom stereocenters. The molecule has 0 aliphatic heterocycles. The van der Waals surface area contributed by atoms with Gasteiger partial charge in [-0.25, -0.2) is 0 Å².